The molecular formula is C19H21N5O2. The standard InChI is InChI=1S/C19H21N5O2/c1-10(2)16-7-14(17-11(3)24-26-19(17)23-16)18(25)22-13-6-12-8-20-5-4-15(12)21-9-13/h6-7,9-10,20H,4-5,8H2,1-3H3,(H,22,25). The van der Waals surface area contributed by atoms with Crippen LogP contribution in [0.3, 0.4) is 0 Å². The van der Waals surface area contributed by atoms with Gasteiger partial charge in [0.05, 0.1) is 28.5 Å². The maximum absolute atomic E-state index is 13.0. The van der Waals surface area contributed by atoms with Gasteiger partial charge in [-0.3, -0.25) is 9.78 Å². The van der Waals surface area contributed by atoms with E-state index in [1.54, 1.807) is 6.20 Å². The highest BCUT2D eigenvalue weighted by molar-refractivity contribution is 6.12. The third kappa shape index (κ3) is 2.94. The molecule has 7 nitrogen and oxygen atoms in total. The highest BCUT2D eigenvalue weighted by Gasteiger charge is 2.20. The second kappa shape index (κ2) is 6.49. The highest BCUT2D eigenvalue weighted by atomic mass is 16.5. The summed E-state index contributed by atoms with van der Waals surface area (Å²) in [4.78, 5) is 21.9. The zero-order valence-electron chi connectivity index (χ0n) is 15.1. The predicted octanol–water partition coefficient (Wildman–Crippen LogP) is 2.95. The molecule has 7 heteroatoms. The Morgan fingerprint density at radius 2 is 2.19 bits per heavy atom. The van der Waals surface area contributed by atoms with Crippen molar-refractivity contribution in [1.82, 2.24) is 20.4 Å². The van der Waals surface area contributed by atoms with Crippen molar-refractivity contribution in [3.05, 3.63) is 46.5 Å². The van der Waals surface area contributed by atoms with Crippen molar-refractivity contribution in [2.45, 2.75) is 39.7 Å². The molecule has 3 aromatic rings. The number of carbonyl (C=O) groups excluding carboxylic acids is 1. The quantitative estimate of drug-likeness (QED) is 0.754. The van der Waals surface area contributed by atoms with Gasteiger partial charge in [0.15, 0.2) is 0 Å². The lowest BCUT2D eigenvalue weighted by Gasteiger charge is -2.17. The first kappa shape index (κ1) is 16.7. The maximum Gasteiger partial charge on any atom is 0.259 e. The van der Waals surface area contributed by atoms with E-state index >= 15 is 0 Å². The van der Waals surface area contributed by atoms with Crippen molar-refractivity contribution in [1.29, 1.82) is 0 Å². The Hall–Kier alpha value is -2.80. The Bertz CT molecular complexity index is 993. The summed E-state index contributed by atoms with van der Waals surface area (Å²) < 4.78 is 5.29. The molecule has 0 saturated heterocycles. The third-order valence-electron chi connectivity index (χ3n) is 4.64. The molecule has 2 N–H and O–H groups in total. The van der Waals surface area contributed by atoms with Gasteiger partial charge in [0.2, 0.25) is 0 Å². The molecule has 3 aromatic heterocycles. The van der Waals surface area contributed by atoms with Gasteiger partial charge in [0.1, 0.15) is 0 Å². The second-order valence-electron chi connectivity index (χ2n) is 6.91. The summed E-state index contributed by atoms with van der Waals surface area (Å²) in [6, 6.07) is 3.80. The van der Waals surface area contributed by atoms with E-state index in [0.717, 1.165) is 36.5 Å². The number of aromatic nitrogens is 3. The Balaban J connectivity index is 1.71. The first-order chi connectivity index (χ1) is 12.5. The van der Waals surface area contributed by atoms with E-state index in [4.69, 9.17) is 4.52 Å². The minimum absolute atomic E-state index is 0.174. The summed E-state index contributed by atoms with van der Waals surface area (Å²) in [7, 11) is 0. The second-order valence-corrected chi connectivity index (χ2v) is 6.91. The number of carbonyl (C=O) groups is 1. The fourth-order valence-corrected chi connectivity index (χ4v) is 3.20. The maximum atomic E-state index is 13.0. The van der Waals surface area contributed by atoms with Crippen molar-refractivity contribution in [2.75, 3.05) is 11.9 Å². The number of hydrogen-bond acceptors (Lipinski definition) is 6. The first-order valence-electron chi connectivity index (χ1n) is 8.79. The van der Waals surface area contributed by atoms with Crippen LogP contribution in [0.1, 0.15) is 52.8 Å². The van der Waals surface area contributed by atoms with Crippen molar-refractivity contribution < 1.29 is 9.32 Å². The summed E-state index contributed by atoms with van der Waals surface area (Å²) in [5, 5.41) is 10.9. The van der Waals surface area contributed by atoms with E-state index in [1.807, 2.05) is 32.9 Å². The van der Waals surface area contributed by atoms with Crippen LogP contribution >= 0.6 is 0 Å². The fourth-order valence-electron chi connectivity index (χ4n) is 3.20. The molecule has 4 heterocycles. The number of nitrogens with zero attached hydrogens (tertiary/aromatic N) is 3. The van der Waals surface area contributed by atoms with E-state index in [1.165, 1.54) is 0 Å². The number of nitrogens with one attached hydrogen (secondary N) is 2. The molecule has 1 aliphatic heterocycles. The van der Waals surface area contributed by atoms with Crippen molar-refractivity contribution >= 4 is 22.7 Å². The topological polar surface area (TPSA) is 92.9 Å². The van der Waals surface area contributed by atoms with E-state index in [2.05, 4.69) is 25.8 Å². The zero-order chi connectivity index (χ0) is 18.3. The van der Waals surface area contributed by atoms with Crippen LogP contribution in [0.4, 0.5) is 5.69 Å². The molecule has 0 fully saturated rings. The van der Waals surface area contributed by atoms with Gasteiger partial charge in [-0.2, -0.15) is 0 Å². The minimum atomic E-state index is -0.212. The van der Waals surface area contributed by atoms with Crippen LogP contribution in [0, 0.1) is 6.92 Å². The SMILES string of the molecule is Cc1noc2nc(C(C)C)cc(C(=O)Nc3cnc4c(c3)CNCC4)c12. The molecule has 0 aromatic carbocycles. The Labute approximate surface area is 151 Å². The van der Waals surface area contributed by atoms with Crippen molar-refractivity contribution in [3.63, 3.8) is 0 Å². The molecular weight excluding hydrogens is 330 g/mol. The molecule has 0 unspecified atom stereocenters. The number of amides is 1. The first-order valence-corrected chi connectivity index (χ1v) is 8.79. The van der Waals surface area contributed by atoms with Crippen LogP contribution in [0.2, 0.25) is 0 Å². The number of pyridine rings is 2. The number of hydrogen-bond donors (Lipinski definition) is 2. The molecule has 0 atom stereocenters. The molecule has 0 saturated carbocycles. The summed E-state index contributed by atoms with van der Waals surface area (Å²) in [5.41, 5.74) is 5.26. The minimum Gasteiger partial charge on any atom is -0.336 e. The average Bonchev–Trinajstić information content (AvgIpc) is 3.02. The van der Waals surface area contributed by atoms with Gasteiger partial charge in [-0.1, -0.05) is 19.0 Å². The smallest absolute Gasteiger partial charge is 0.259 e. The Morgan fingerprint density at radius 3 is 3.00 bits per heavy atom. The number of fused-ring (bicyclic) bond motifs is 2. The molecule has 0 radical (unpaired) electrons. The van der Waals surface area contributed by atoms with Crippen molar-refractivity contribution in [3.8, 4) is 0 Å². The van der Waals surface area contributed by atoms with Gasteiger partial charge >= 0.3 is 0 Å². The zero-order valence-corrected chi connectivity index (χ0v) is 15.1. The summed E-state index contributed by atoms with van der Waals surface area (Å²) in [6.07, 6.45) is 2.62. The van der Waals surface area contributed by atoms with E-state index in [9.17, 15) is 4.79 Å². The van der Waals surface area contributed by atoms with Crippen molar-refractivity contribution in [2.24, 2.45) is 0 Å². The molecule has 0 bridgehead atoms. The van der Waals surface area contributed by atoms with E-state index in [-0.39, 0.29) is 11.8 Å². The summed E-state index contributed by atoms with van der Waals surface area (Å²) in [5.74, 6) is -0.0380. The molecule has 4 rings (SSSR count). The lowest BCUT2D eigenvalue weighted by Crippen LogP contribution is -2.25. The molecule has 1 amide bonds. The van der Waals surface area contributed by atoms with Gasteiger partial charge in [-0.15, -0.1) is 0 Å². The lowest BCUT2D eigenvalue weighted by atomic mass is 10.0. The normalized spacial score (nSPS) is 13.8. The molecule has 0 aliphatic carbocycles. The highest BCUT2D eigenvalue weighted by Crippen LogP contribution is 2.26. The van der Waals surface area contributed by atoms with Crippen LogP contribution in [-0.4, -0.2) is 27.6 Å². The van der Waals surface area contributed by atoms with Gasteiger partial charge in [0.25, 0.3) is 11.6 Å². The van der Waals surface area contributed by atoms with Gasteiger partial charge < -0.3 is 15.2 Å². The molecule has 0 spiro atoms. The number of rotatable bonds is 3. The van der Waals surface area contributed by atoms with Crippen LogP contribution < -0.4 is 10.6 Å². The van der Waals surface area contributed by atoms with E-state index < -0.39 is 0 Å². The van der Waals surface area contributed by atoms with Gasteiger partial charge in [-0.25, -0.2) is 4.98 Å². The molecule has 26 heavy (non-hydrogen) atoms. The van der Waals surface area contributed by atoms with Crippen LogP contribution in [0.25, 0.3) is 11.1 Å². The third-order valence-corrected chi connectivity index (χ3v) is 4.64. The number of aryl methyl sites for hydroxylation is 1. The summed E-state index contributed by atoms with van der Waals surface area (Å²) >= 11 is 0. The summed E-state index contributed by atoms with van der Waals surface area (Å²) in [6.45, 7) is 7.57. The largest absolute Gasteiger partial charge is 0.336 e. The Morgan fingerprint density at radius 1 is 1.35 bits per heavy atom. The van der Waals surface area contributed by atoms with Crippen LogP contribution in [0.15, 0.2) is 22.9 Å². The Kier molecular flexibility index (Phi) is 4.16. The average molecular weight is 351 g/mol. The van der Waals surface area contributed by atoms with Gasteiger partial charge in [-0.05, 0) is 30.5 Å². The van der Waals surface area contributed by atoms with Crippen LogP contribution in [0.5, 0.6) is 0 Å². The monoisotopic (exact) mass is 351 g/mol. The molecule has 1 aliphatic rings. The number of anilines is 1. The van der Waals surface area contributed by atoms with Crippen LogP contribution in [-0.2, 0) is 13.0 Å². The van der Waals surface area contributed by atoms with E-state index in [0.29, 0.717) is 28.0 Å². The lowest BCUT2D eigenvalue weighted by molar-refractivity contribution is 0.102. The molecule has 134 valence electrons. The predicted molar refractivity (Wildman–Crippen MR) is 98.2 cm³/mol. The van der Waals surface area contributed by atoms with Gasteiger partial charge in [0, 0.05) is 30.9 Å². The fraction of sp³-hybridized carbons (Fsp3) is 0.368.